The van der Waals surface area contributed by atoms with E-state index >= 15 is 0 Å². The van der Waals surface area contributed by atoms with Gasteiger partial charge in [-0.05, 0) is 38.0 Å². The van der Waals surface area contributed by atoms with Crippen LogP contribution in [0.1, 0.15) is 19.4 Å². The molecular formula is C12H20N2O2S. The van der Waals surface area contributed by atoms with E-state index in [0.717, 1.165) is 18.5 Å². The van der Waals surface area contributed by atoms with E-state index in [2.05, 4.69) is 5.32 Å². The molecule has 0 amide bonds. The number of nitrogens with one attached hydrogen (secondary N) is 1. The van der Waals surface area contributed by atoms with Gasteiger partial charge in [-0.3, -0.25) is 0 Å². The van der Waals surface area contributed by atoms with Gasteiger partial charge in [-0.15, -0.1) is 0 Å². The van der Waals surface area contributed by atoms with E-state index < -0.39 is 9.84 Å². The molecule has 0 aliphatic carbocycles. The highest BCUT2D eigenvalue weighted by Gasteiger charge is 2.18. The molecule has 0 unspecified atom stereocenters. The van der Waals surface area contributed by atoms with Gasteiger partial charge in [-0.1, -0.05) is 12.1 Å². The van der Waals surface area contributed by atoms with Crippen LogP contribution in [0.5, 0.6) is 0 Å². The van der Waals surface area contributed by atoms with Crippen LogP contribution in [0.25, 0.3) is 0 Å². The molecule has 1 rings (SSSR count). The fraction of sp³-hybridized carbons (Fsp3) is 0.500. The summed E-state index contributed by atoms with van der Waals surface area (Å²) in [6.45, 7) is 4.63. The summed E-state index contributed by atoms with van der Waals surface area (Å²) in [4.78, 5) is 0.392. The molecule has 96 valence electrons. The molecule has 0 atom stereocenters. The molecule has 3 N–H and O–H groups in total. The van der Waals surface area contributed by atoms with E-state index in [-0.39, 0.29) is 5.25 Å². The second kappa shape index (κ2) is 6.14. The molecule has 0 bridgehead atoms. The van der Waals surface area contributed by atoms with Crippen molar-refractivity contribution in [1.29, 1.82) is 0 Å². The molecule has 1 aromatic carbocycles. The van der Waals surface area contributed by atoms with E-state index in [1.807, 2.05) is 12.1 Å². The number of hydrogen-bond acceptors (Lipinski definition) is 4. The Hall–Kier alpha value is -0.910. The van der Waals surface area contributed by atoms with Crippen LogP contribution in [0.2, 0.25) is 0 Å². The number of rotatable bonds is 6. The fourth-order valence-electron chi connectivity index (χ4n) is 1.45. The maximum atomic E-state index is 11.9. The van der Waals surface area contributed by atoms with Crippen LogP contribution in [0, 0.1) is 0 Å². The second-order valence-corrected chi connectivity index (χ2v) is 6.70. The Morgan fingerprint density at radius 3 is 2.29 bits per heavy atom. The highest BCUT2D eigenvalue weighted by molar-refractivity contribution is 7.92. The molecule has 0 fully saturated rings. The lowest BCUT2D eigenvalue weighted by Gasteiger charge is -2.08. The molecule has 0 aromatic heterocycles. The first-order valence-corrected chi connectivity index (χ1v) is 7.26. The molecule has 0 saturated carbocycles. The standard InChI is InChI=1S/C12H20N2O2S/c1-10(2)17(15,16)12-5-3-11(4-6-12)7-8-14-9-13/h3-6,10,14H,7-9,13H2,1-2H3. The van der Waals surface area contributed by atoms with Crippen LogP contribution < -0.4 is 11.1 Å². The van der Waals surface area contributed by atoms with Crippen LogP contribution in [0.4, 0.5) is 0 Å². The third-order valence-corrected chi connectivity index (χ3v) is 4.78. The third-order valence-electron chi connectivity index (χ3n) is 2.61. The molecule has 4 nitrogen and oxygen atoms in total. The molecule has 0 aliphatic rings. The number of nitrogens with two attached hydrogens (primary N) is 1. The second-order valence-electron chi connectivity index (χ2n) is 4.19. The highest BCUT2D eigenvalue weighted by atomic mass is 32.2. The average molecular weight is 256 g/mol. The fourth-order valence-corrected chi connectivity index (χ4v) is 2.51. The van der Waals surface area contributed by atoms with Gasteiger partial charge >= 0.3 is 0 Å². The normalized spacial score (nSPS) is 12.0. The van der Waals surface area contributed by atoms with E-state index in [4.69, 9.17) is 5.73 Å². The van der Waals surface area contributed by atoms with Gasteiger partial charge in [-0.25, -0.2) is 8.42 Å². The molecular weight excluding hydrogens is 236 g/mol. The SMILES string of the molecule is CC(C)S(=O)(=O)c1ccc(CCNCN)cc1. The molecule has 0 radical (unpaired) electrons. The monoisotopic (exact) mass is 256 g/mol. The minimum absolute atomic E-state index is 0.382. The largest absolute Gasteiger partial charge is 0.318 e. The van der Waals surface area contributed by atoms with Crippen molar-refractivity contribution in [2.24, 2.45) is 5.73 Å². The molecule has 5 heteroatoms. The van der Waals surface area contributed by atoms with Crippen LogP contribution in [0.15, 0.2) is 29.2 Å². The summed E-state index contributed by atoms with van der Waals surface area (Å²) in [5, 5.41) is 2.64. The minimum atomic E-state index is -3.15. The lowest BCUT2D eigenvalue weighted by atomic mass is 10.1. The summed E-state index contributed by atoms with van der Waals surface area (Å²) >= 11 is 0. The van der Waals surface area contributed by atoms with Crippen molar-refractivity contribution in [2.75, 3.05) is 13.2 Å². The first-order valence-electron chi connectivity index (χ1n) is 5.72. The lowest BCUT2D eigenvalue weighted by Crippen LogP contribution is -2.24. The predicted molar refractivity (Wildman–Crippen MR) is 69.5 cm³/mol. The van der Waals surface area contributed by atoms with Gasteiger partial charge in [0, 0.05) is 13.2 Å². The minimum Gasteiger partial charge on any atom is -0.318 e. The topological polar surface area (TPSA) is 72.2 Å². The van der Waals surface area contributed by atoms with E-state index in [1.54, 1.807) is 26.0 Å². The Bertz CT molecular complexity index is 438. The van der Waals surface area contributed by atoms with Crippen molar-refractivity contribution in [3.8, 4) is 0 Å². The summed E-state index contributed by atoms with van der Waals surface area (Å²) in [7, 11) is -3.15. The number of hydrogen-bond donors (Lipinski definition) is 2. The quantitative estimate of drug-likeness (QED) is 0.586. The van der Waals surface area contributed by atoms with Gasteiger partial charge in [0.15, 0.2) is 9.84 Å². The Balaban J connectivity index is 2.75. The number of benzene rings is 1. The van der Waals surface area contributed by atoms with Crippen molar-refractivity contribution in [3.63, 3.8) is 0 Å². The van der Waals surface area contributed by atoms with Crippen LogP contribution in [0.3, 0.4) is 0 Å². The van der Waals surface area contributed by atoms with E-state index in [0.29, 0.717) is 11.6 Å². The van der Waals surface area contributed by atoms with Gasteiger partial charge in [0.1, 0.15) is 0 Å². The van der Waals surface area contributed by atoms with Gasteiger partial charge in [0.2, 0.25) is 0 Å². The average Bonchev–Trinajstić information content (AvgIpc) is 2.30. The Morgan fingerprint density at radius 2 is 1.82 bits per heavy atom. The molecule has 0 saturated heterocycles. The van der Waals surface area contributed by atoms with Crippen molar-refractivity contribution < 1.29 is 8.42 Å². The van der Waals surface area contributed by atoms with Gasteiger partial charge in [0.05, 0.1) is 10.1 Å². The van der Waals surface area contributed by atoms with Crippen molar-refractivity contribution >= 4 is 9.84 Å². The summed E-state index contributed by atoms with van der Waals surface area (Å²) in [5.74, 6) is 0. The Kier molecular flexibility index (Phi) is 5.11. The summed E-state index contributed by atoms with van der Waals surface area (Å²) in [6.07, 6.45) is 0.846. The molecule has 1 aromatic rings. The first-order chi connectivity index (χ1) is 7.98. The van der Waals surface area contributed by atoms with Crippen LogP contribution in [-0.2, 0) is 16.3 Å². The Labute approximate surface area is 103 Å². The van der Waals surface area contributed by atoms with E-state index in [9.17, 15) is 8.42 Å². The van der Waals surface area contributed by atoms with Crippen molar-refractivity contribution in [2.45, 2.75) is 30.4 Å². The number of sulfone groups is 1. The lowest BCUT2D eigenvalue weighted by molar-refractivity contribution is 0.587. The van der Waals surface area contributed by atoms with Crippen molar-refractivity contribution in [1.82, 2.24) is 5.32 Å². The van der Waals surface area contributed by atoms with Gasteiger partial charge in [-0.2, -0.15) is 0 Å². The maximum Gasteiger partial charge on any atom is 0.180 e. The first kappa shape index (κ1) is 14.2. The van der Waals surface area contributed by atoms with Gasteiger partial charge in [0.25, 0.3) is 0 Å². The predicted octanol–water partition coefficient (Wildman–Crippen LogP) is 0.917. The molecule has 17 heavy (non-hydrogen) atoms. The van der Waals surface area contributed by atoms with Crippen LogP contribution in [-0.4, -0.2) is 26.9 Å². The highest BCUT2D eigenvalue weighted by Crippen LogP contribution is 2.16. The smallest absolute Gasteiger partial charge is 0.180 e. The van der Waals surface area contributed by atoms with Crippen LogP contribution >= 0.6 is 0 Å². The van der Waals surface area contributed by atoms with Gasteiger partial charge < -0.3 is 11.1 Å². The zero-order valence-corrected chi connectivity index (χ0v) is 11.1. The zero-order valence-electron chi connectivity index (χ0n) is 10.3. The molecule has 0 spiro atoms. The summed E-state index contributed by atoms with van der Waals surface area (Å²) in [6, 6.07) is 7.06. The Morgan fingerprint density at radius 1 is 1.24 bits per heavy atom. The third kappa shape index (κ3) is 3.80. The van der Waals surface area contributed by atoms with Crippen molar-refractivity contribution in [3.05, 3.63) is 29.8 Å². The maximum absolute atomic E-state index is 11.9. The summed E-state index contributed by atoms with van der Waals surface area (Å²) < 4.78 is 23.7. The van der Waals surface area contributed by atoms with E-state index in [1.165, 1.54) is 0 Å². The molecule has 0 heterocycles. The summed E-state index contributed by atoms with van der Waals surface area (Å²) in [5.41, 5.74) is 6.42. The molecule has 0 aliphatic heterocycles. The zero-order chi connectivity index (χ0) is 12.9.